The first kappa shape index (κ1) is 15.5. The molecule has 0 bridgehead atoms. The van der Waals surface area contributed by atoms with Crippen molar-refractivity contribution in [1.29, 1.82) is 0 Å². The van der Waals surface area contributed by atoms with E-state index < -0.39 is 0 Å². The predicted octanol–water partition coefficient (Wildman–Crippen LogP) is 1.91. The number of guanidine groups is 1. The second-order valence-electron chi connectivity index (χ2n) is 4.61. The van der Waals surface area contributed by atoms with E-state index >= 15 is 0 Å². The largest absolute Gasteiger partial charge is 0.359 e. The number of aromatic nitrogens is 2. The van der Waals surface area contributed by atoms with Crippen molar-refractivity contribution in [3.8, 4) is 0 Å². The highest BCUT2D eigenvalue weighted by atomic mass is 32.1. The van der Waals surface area contributed by atoms with Crippen LogP contribution in [0.5, 0.6) is 0 Å². The van der Waals surface area contributed by atoms with Gasteiger partial charge in [-0.15, -0.1) is 11.3 Å². The van der Waals surface area contributed by atoms with Gasteiger partial charge >= 0.3 is 0 Å². The maximum atomic E-state index is 5.22. The number of thiazole rings is 1. The van der Waals surface area contributed by atoms with E-state index in [-0.39, 0.29) is 0 Å². The van der Waals surface area contributed by atoms with Crippen LogP contribution in [0.3, 0.4) is 0 Å². The summed E-state index contributed by atoms with van der Waals surface area (Å²) in [4.78, 5) is 9.76. The maximum Gasteiger partial charge on any atom is 0.191 e. The molecule has 0 aliphatic rings. The van der Waals surface area contributed by atoms with Crippen LogP contribution in [0.15, 0.2) is 21.8 Å². The zero-order chi connectivity index (χ0) is 15.1. The van der Waals surface area contributed by atoms with E-state index in [0.717, 1.165) is 41.8 Å². The van der Waals surface area contributed by atoms with Crippen molar-refractivity contribution in [1.82, 2.24) is 20.8 Å². The topological polar surface area (TPSA) is 75.3 Å². The lowest BCUT2D eigenvalue weighted by Crippen LogP contribution is -2.37. The molecule has 0 aliphatic carbocycles. The van der Waals surface area contributed by atoms with Crippen LogP contribution >= 0.6 is 11.3 Å². The highest BCUT2D eigenvalue weighted by Crippen LogP contribution is 2.10. The summed E-state index contributed by atoms with van der Waals surface area (Å²) in [6, 6.07) is 1.96. The van der Waals surface area contributed by atoms with Gasteiger partial charge in [-0.2, -0.15) is 0 Å². The molecule has 2 rings (SSSR count). The van der Waals surface area contributed by atoms with Gasteiger partial charge in [0, 0.05) is 37.2 Å². The third-order valence-electron chi connectivity index (χ3n) is 2.92. The van der Waals surface area contributed by atoms with E-state index in [1.807, 2.05) is 12.3 Å². The normalized spacial score (nSPS) is 11.7. The summed E-state index contributed by atoms with van der Waals surface area (Å²) in [6.07, 6.45) is 3.67. The average molecular weight is 307 g/mol. The number of rotatable bonds is 6. The Kier molecular flexibility index (Phi) is 5.74. The Bertz CT molecular complexity index is 590. The van der Waals surface area contributed by atoms with E-state index in [1.54, 1.807) is 18.4 Å². The van der Waals surface area contributed by atoms with Crippen LogP contribution in [0.2, 0.25) is 0 Å². The predicted molar refractivity (Wildman–Crippen MR) is 84.6 cm³/mol. The summed E-state index contributed by atoms with van der Waals surface area (Å²) in [6.45, 7) is 5.49. The summed E-state index contributed by atoms with van der Waals surface area (Å²) in [5.74, 6) is 1.56. The molecule has 0 saturated carbocycles. The highest BCUT2D eigenvalue weighted by molar-refractivity contribution is 7.11. The minimum absolute atomic E-state index is 0.572. The summed E-state index contributed by atoms with van der Waals surface area (Å²) in [5, 5.41) is 11.6. The lowest BCUT2D eigenvalue weighted by molar-refractivity contribution is 0.374. The molecular formula is C14H21N5OS. The standard InChI is InChI=1S/C14H21N5OS/c1-4-11-7-12(20-19-11)9-18-14(15-3)16-6-5-13-17-8-10(2)21-13/h7-8H,4-6,9H2,1-3H3,(H2,15,16,18). The molecule has 21 heavy (non-hydrogen) atoms. The summed E-state index contributed by atoms with van der Waals surface area (Å²) >= 11 is 1.73. The first-order chi connectivity index (χ1) is 10.2. The van der Waals surface area contributed by atoms with Crippen LogP contribution in [0.1, 0.15) is 28.3 Å². The molecule has 2 heterocycles. The van der Waals surface area contributed by atoms with Crippen LogP contribution in [-0.4, -0.2) is 29.7 Å². The first-order valence-corrected chi connectivity index (χ1v) is 7.83. The summed E-state index contributed by atoms with van der Waals surface area (Å²) < 4.78 is 5.22. The van der Waals surface area contributed by atoms with E-state index in [4.69, 9.17) is 4.52 Å². The Morgan fingerprint density at radius 3 is 2.90 bits per heavy atom. The van der Waals surface area contributed by atoms with Crippen molar-refractivity contribution in [3.05, 3.63) is 33.6 Å². The fourth-order valence-electron chi connectivity index (χ4n) is 1.80. The molecule has 2 aromatic rings. The lowest BCUT2D eigenvalue weighted by Gasteiger charge is -2.09. The molecule has 0 saturated heterocycles. The Morgan fingerprint density at radius 1 is 1.43 bits per heavy atom. The molecule has 114 valence electrons. The van der Waals surface area contributed by atoms with Crippen molar-refractivity contribution >= 4 is 17.3 Å². The molecule has 0 unspecified atom stereocenters. The Hall–Kier alpha value is -1.89. The van der Waals surface area contributed by atoms with Gasteiger partial charge in [0.05, 0.1) is 17.2 Å². The minimum Gasteiger partial charge on any atom is -0.359 e. The molecule has 0 fully saturated rings. The molecule has 7 heteroatoms. The van der Waals surface area contributed by atoms with Gasteiger partial charge in [0.2, 0.25) is 0 Å². The fourth-order valence-corrected chi connectivity index (χ4v) is 2.59. The van der Waals surface area contributed by atoms with Gasteiger partial charge in [-0.1, -0.05) is 12.1 Å². The SMILES string of the molecule is CCc1cc(CNC(=NC)NCCc2ncc(C)s2)on1. The first-order valence-electron chi connectivity index (χ1n) is 7.01. The lowest BCUT2D eigenvalue weighted by atomic mass is 10.3. The van der Waals surface area contributed by atoms with Crippen LogP contribution in [0, 0.1) is 6.92 Å². The summed E-state index contributed by atoms with van der Waals surface area (Å²) in [5.41, 5.74) is 0.967. The van der Waals surface area contributed by atoms with Crippen molar-refractivity contribution in [2.45, 2.75) is 33.2 Å². The highest BCUT2D eigenvalue weighted by Gasteiger charge is 2.04. The molecule has 0 radical (unpaired) electrons. The average Bonchev–Trinajstić information content (AvgIpc) is 3.11. The van der Waals surface area contributed by atoms with Gasteiger partial charge < -0.3 is 15.2 Å². The van der Waals surface area contributed by atoms with E-state index in [0.29, 0.717) is 6.54 Å². The van der Waals surface area contributed by atoms with Crippen molar-refractivity contribution in [2.75, 3.05) is 13.6 Å². The monoisotopic (exact) mass is 307 g/mol. The molecule has 0 spiro atoms. The molecule has 2 N–H and O–H groups in total. The van der Waals surface area contributed by atoms with Crippen molar-refractivity contribution in [2.24, 2.45) is 4.99 Å². The van der Waals surface area contributed by atoms with Gasteiger partial charge in [-0.05, 0) is 13.3 Å². The second kappa shape index (κ2) is 7.78. The van der Waals surface area contributed by atoms with Crippen LogP contribution in [0.25, 0.3) is 0 Å². The minimum atomic E-state index is 0.572. The molecule has 6 nitrogen and oxygen atoms in total. The maximum absolute atomic E-state index is 5.22. The zero-order valence-corrected chi connectivity index (χ0v) is 13.5. The second-order valence-corrected chi connectivity index (χ2v) is 5.92. The number of hydrogen-bond acceptors (Lipinski definition) is 5. The van der Waals surface area contributed by atoms with Gasteiger partial charge in [0.25, 0.3) is 0 Å². The molecule has 0 amide bonds. The molecule has 2 aromatic heterocycles. The number of aryl methyl sites for hydroxylation is 2. The third kappa shape index (κ3) is 4.86. The molecule has 0 aromatic carbocycles. The van der Waals surface area contributed by atoms with Crippen molar-refractivity contribution in [3.63, 3.8) is 0 Å². The fraction of sp³-hybridized carbons (Fsp3) is 0.500. The third-order valence-corrected chi connectivity index (χ3v) is 3.90. The van der Waals surface area contributed by atoms with Gasteiger partial charge in [-0.25, -0.2) is 4.98 Å². The van der Waals surface area contributed by atoms with Crippen LogP contribution in [0.4, 0.5) is 0 Å². The number of aliphatic imine (C=N–C) groups is 1. The van der Waals surface area contributed by atoms with Gasteiger partial charge in [0.1, 0.15) is 0 Å². The number of nitrogens with one attached hydrogen (secondary N) is 2. The number of hydrogen-bond donors (Lipinski definition) is 2. The van der Waals surface area contributed by atoms with Crippen molar-refractivity contribution < 1.29 is 4.52 Å². The Morgan fingerprint density at radius 2 is 2.29 bits per heavy atom. The summed E-state index contributed by atoms with van der Waals surface area (Å²) in [7, 11) is 1.75. The Labute approximate surface area is 128 Å². The quantitative estimate of drug-likeness (QED) is 0.630. The van der Waals surface area contributed by atoms with E-state index in [1.165, 1.54) is 4.88 Å². The van der Waals surface area contributed by atoms with E-state index in [2.05, 4.69) is 39.6 Å². The number of nitrogens with zero attached hydrogens (tertiary/aromatic N) is 3. The van der Waals surface area contributed by atoms with Gasteiger partial charge in [-0.3, -0.25) is 4.99 Å². The Balaban J connectivity index is 1.73. The van der Waals surface area contributed by atoms with Gasteiger partial charge in [0.15, 0.2) is 11.7 Å². The van der Waals surface area contributed by atoms with Crippen LogP contribution < -0.4 is 10.6 Å². The molecular weight excluding hydrogens is 286 g/mol. The molecule has 0 aliphatic heterocycles. The smallest absolute Gasteiger partial charge is 0.191 e. The zero-order valence-electron chi connectivity index (χ0n) is 12.6. The molecule has 0 atom stereocenters. The van der Waals surface area contributed by atoms with E-state index in [9.17, 15) is 0 Å². The van der Waals surface area contributed by atoms with Crippen LogP contribution in [-0.2, 0) is 19.4 Å².